The summed E-state index contributed by atoms with van der Waals surface area (Å²) in [5.74, 6) is 0.321. The van der Waals surface area contributed by atoms with E-state index in [4.69, 9.17) is 16.0 Å². The summed E-state index contributed by atoms with van der Waals surface area (Å²) < 4.78 is 5.99. The fraction of sp³-hybridized carbons (Fsp3) is 0.286. The van der Waals surface area contributed by atoms with Gasteiger partial charge in [0, 0.05) is 23.0 Å². The van der Waals surface area contributed by atoms with E-state index in [9.17, 15) is 4.79 Å². The summed E-state index contributed by atoms with van der Waals surface area (Å²) in [4.78, 5) is 18.4. The van der Waals surface area contributed by atoms with E-state index in [1.54, 1.807) is 11.8 Å². The van der Waals surface area contributed by atoms with Gasteiger partial charge in [-0.05, 0) is 46.5 Å². The first-order chi connectivity index (χ1) is 9.58. The fourth-order valence-corrected chi connectivity index (χ4v) is 3.27. The van der Waals surface area contributed by atoms with Crippen LogP contribution in [0.3, 0.4) is 0 Å². The van der Waals surface area contributed by atoms with Crippen LogP contribution in [0.1, 0.15) is 28.4 Å². The number of carbonyl (C=O) groups excluding carboxylic acids is 1. The van der Waals surface area contributed by atoms with Gasteiger partial charge in [0.25, 0.3) is 5.91 Å². The molecule has 0 N–H and O–H groups in total. The molecule has 0 bridgehead atoms. The summed E-state index contributed by atoms with van der Waals surface area (Å²) in [6, 6.07) is 3.71. The Balaban J connectivity index is 2.06. The lowest BCUT2D eigenvalue weighted by Crippen LogP contribution is -2.36. The molecule has 1 amide bonds. The second kappa shape index (κ2) is 5.22. The largest absolute Gasteiger partial charge is 0.448 e. The minimum Gasteiger partial charge on any atom is -0.448 e. The average molecular weight is 356 g/mol. The molecule has 0 atom stereocenters. The Labute approximate surface area is 129 Å². The van der Waals surface area contributed by atoms with Crippen molar-refractivity contribution in [1.82, 2.24) is 4.98 Å². The van der Waals surface area contributed by atoms with Gasteiger partial charge in [0.2, 0.25) is 0 Å². The summed E-state index contributed by atoms with van der Waals surface area (Å²) in [6.07, 6.45) is 3.14. The van der Waals surface area contributed by atoms with Crippen molar-refractivity contribution in [3.63, 3.8) is 0 Å². The van der Waals surface area contributed by atoms with Gasteiger partial charge < -0.3 is 9.32 Å². The van der Waals surface area contributed by atoms with Crippen LogP contribution in [0.4, 0.5) is 5.69 Å². The molecule has 1 aliphatic heterocycles. The molecule has 4 nitrogen and oxygen atoms in total. The van der Waals surface area contributed by atoms with Gasteiger partial charge in [-0.25, -0.2) is 4.98 Å². The Bertz CT molecular complexity index is 684. The van der Waals surface area contributed by atoms with Crippen molar-refractivity contribution in [3.8, 4) is 0 Å². The zero-order valence-electron chi connectivity index (χ0n) is 10.8. The van der Waals surface area contributed by atoms with Crippen LogP contribution in [-0.2, 0) is 6.42 Å². The van der Waals surface area contributed by atoms with Crippen LogP contribution in [0.25, 0.3) is 0 Å². The quantitative estimate of drug-likeness (QED) is 0.777. The van der Waals surface area contributed by atoms with Crippen LogP contribution in [0, 0.1) is 6.92 Å². The first kappa shape index (κ1) is 13.6. The molecule has 0 saturated carbocycles. The number of nitrogens with zero attached hydrogens (tertiary/aromatic N) is 2. The Hall–Kier alpha value is -1.33. The van der Waals surface area contributed by atoms with E-state index in [2.05, 4.69) is 20.9 Å². The number of anilines is 1. The molecule has 0 saturated heterocycles. The van der Waals surface area contributed by atoms with E-state index in [-0.39, 0.29) is 5.91 Å². The van der Waals surface area contributed by atoms with Gasteiger partial charge in [0.1, 0.15) is 6.26 Å². The number of hydrogen-bond donors (Lipinski definition) is 0. The molecule has 1 aromatic carbocycles. The molecule has 2 aromatic rings. The molecule has 2 heterocycles. The summed E-state index contributed by atoms with van der Waals surface area (Å²) in [5.41, 5.74) is 2.16. The minimum atomic E-state index is -0.161. The number of benzene rings is 1. The summed E-state index contributed by atoms with van der Waals surface area (Å²) >= 11 is 9.75. The van der Waals surface area contributed by atoms with Gasteiger partial charge in [-0.3, -0.25) is 4.79 Å². The molecule has 0 radical (unpaired) electrons. The van der Waals surface area contributed by atoms with Crippen LogP contribution in [0.5, 0.6) is 0 Å². The molecular formula is C14H12BrClN2O2. The highest BCUT2D eigenvalue weighted by Gasteiger charge is 2.28. The summed E-state index contributed by atoms with van der Waals surface area (Å²) in [6.45, 7) is 2.37. The SMILES string of the molecule is Cc1nc(C(=O)N2CCCc3c(Cl)ccc(Br)c32)co1. The van der Waals surface area contributed by atoms with Gasteiger partial charge in [-0.1, -0.05) is 11.6 Å². The maximum absolute atomic E-state index is 12.6. The first-order valence-electron chi connectivity index (χ1n) is 6.29. The van der Waals surface area contributed by atoms with E-state index in [0.29, 0.717) is 23.2 Å². The Morgan fingerprint density at radius 1 is 1.50 bits per heavy atom. The first-order valence-corrected chi connectivity index (χ1v) is 7.46. The van der Waals surface area contributed by atoms with Crippen LogP contribution in [0.15, 0.2) is 27.3 Å². The second-order valence-electron chi connectivity index (χ2n) is 4.67. The number of oxazole rings is 1. The monoisotopic (exact) mass is 354 g/mol. The predicted octanol–water partition coefficient (Wildman–Crippen LogP) is 3.99. The molecule has 0 spiro atoms. The smallest absolute Gasteiger partial charge is 0.280 e. The van der Waals surface area contributed by atoms with E-state index >= 15 is 0 Å². The molecule has 1 aliphatic rings. The number of halogens is 2. The van der Waals surface area contributed by atoms with Crippen molar-refractivity contribution in [2.45, 2.75) is 19.8 Å². The van der Waals surface area contributed by atoms with Crippen LogP contribution in [-0.4, -0.2) is 17.4 Å². The van der Waals surface area contributed by atoms with Gasteiger partial charge in [-0.15, -0.1) is 0 Å². The van der Waals surface area contributed by atoms with E-state index in [1.165, 1.54) is 6.26 Å². The van der Waals surface area contributed by atoms with Gasteiger partial charge in [0.05, 0.1) is 5.69 Å². The molecule has 20 heavy (non-hydrogen) atoms. The third-order valence-corrected chi connectivity index (χ3v) is 4.33. The van der Waals surface area contributed by atoms with Crippen molar-refractivity contribution >= 4 is 39.1 Å². The molecule has 3 rings (SSSR count). The number of carbonyl (C=O) groups is 1. The maximum atomic E-state index is 12.6. The van der Waals surface area contributed by atoms with Crippen molar-refractivity contribution in [1.29, 1.82) is 0 Å². The second-order valence-corrected chi connectivity index (χ2v) is 5.93. The Kier molecular flexibility index (Phi) is 3.56. The molecule has 6 heteroatoms. The van der Waals surface area contributed by atoms with Gasteiger partial charge in [-0.2, -0.15) is 0 Å². The van der Waals surface area contributed by atoms with Crippen molar-refractivity contribution in [2.24, 2.45) is 0 Å². The lowest BCUT2D eigenvalue weighted by atomic mass is 10.0. The Morgan fingerprint density at radius 2 is 2.30 bits per heavy atom. The van der Waals surface area contributed by atoms with Crippen LogP contribution >= 0.6 is 27.5 Å². The number of aromatic nitrogens is 1. The molecule has 0 fully saturated rings. The number of rotatable bonds is 1. The molecule has 104 valence electrons. The van der Waals surface area contributed by atoms with Crippen molar-refractivity contribution in [2.75, 3.05) is 11.4 Å². The maximum Gasteiger partial charge on any atom is 0.280 e. The molecule has 0 unspecified atom stereocenters. The fourth-order valence-electron chi connectivity index (χ4n) is 2.44. The molecular weight excluding hydrogens is 344 g/mol. The third-order valence-electron chi connectivity index (χ3n) is 3.34. The number of hydrogen-bond acceptors (Lipinski definition) is 3. The average Bonchev–Trinajstić information content (AvgIpc) is 2.88. The lowest BCUT2D eigenvalue weighted by molar-refractivity contribution is 0.0980. The molecule has 1 aromatic heterocycles. The number of amides is 1. The standard InChI is InChI=1S/C14H12BrClN2O2/c1-8-17-12(7-20-8)14(19)18-6-2-3-9-11(16)5-4-10(15)13(9)18/h4-5,7H,2-3,6H2,1H3. The predicted molar refractivity (Wildman–Crippen MR) is 80.4 cm³/mol. The molecule has 0 aliphatic carbocycles. The van der Waals surface area contributed by atoms with E-state index in [0.717, 1.165) is 28.6 Å². The van der Waals surface area contributed by atoms with Gasteiger partial charge >= 0.3 is 0 Å². The van der Waals surface area contributed by atoms with Gasteiger partial charge in [0.15, 0.2) is 11.6 Å². The summed E-state index contributed by atoms with van der Waals surface area (Å²) in [7, 11) is 0. The van der Waals surface area contributed by atoms with E-state index < -0.39 is 0 Å². The van der Waals surface area contributed by atoms with Crippen LogP contribution in [0.2, 0.25) is 5.02 Å². The highest BCUT2D eigenvalue weighted by Crippen LogP contribution is 2.39. The zero-order valence-corrected chi connectivity index (χ0v) is 13.2. The third kappa shape index (κ3) is 2.25. The minimum absolute atomic E-state index is 0.161. The van der Waals surface area contributed by atoms with E-state index in [1.807, 2.05) is 12.1 Å². The highest BCUT2D eigenvalue weighted by atomic mass is 79.9. The Morgan fingerprint density at radius 3 is 3.00 bits per heavy atom. The van der Waals surface area contributed by atoms with Crippen molar-refractivity contribution < 1.29 is 9.21 Å². The topological polar surface area (TPSA) is 46.3 Å². The van der Waals surface area contributed by atoms with Crippen molar-refractivity contribution in [3.05, 3.63) is 45.0 Å². The lowest BCUT2D eigenvalue weighted by Gasteiger charge is -2.30. The van der Waals surface area contributed by atoms with Crippen LogP contribution < -0.4 is 4.90 Å². The zero-order chi connectivity index (χ0) is 14.3. The number of aryl methyl sites for hydroxylation is 1. The number of fused-ring (bicyclic) bond motifs is 1. The normalized spacial score (nSPS) is 14.2. The summed E-state index contributed by atoms with van der Waals surface area (Å²) in [5, 5.41) is 0.692. The highest BCUT2D eigenvalue weighted by molar-refractivity contribution is 9.10.